The van der Waals surface area contributed by atoms with E-state index in [0.717, 1.165) is 18.9 Å². The molecule has 1 aromatic rings. The molecule has 1 saturated heterocycles. The third-order valence-corrected chi connectivity index (χ3v) is 6.90. The number of halogens is 3. The molecule has 3 aliphatic rings. The molecule has 3 aliphatic heterocycles. The SMILES string of the molecule is C=CCN1C(=O)N[C@H](c2ccccc2C(F)(F)F)C2=C1CN([C@H](C(=O)NC[C@@H]1CCCO1)C(C)C)C2=O. The van der Waals surface area contributed by atoms with Gasteiger partial charge in [0.25, 0.3) is 5.91 Å². The van der Waals surface area contributed by atoms with E-state index in [1.54, 1.807) is 13.8 Å². The average molecular weight is 521 g/mol. The number of ether oxygens (including phenoxy) is 1. The van der Waals surface area contributed by atoms with Crippen LogP contribution in [0.4, 0.5) is 18.0 Å². The minimum absolute atomic E-state index is 0.0238. The highest BCUT2D eigenvalue weighted by molar-refractivity contribution is 6.03. The molecular formula is C26H31F3N4O4. The molecule has 0 saturated carbocycles. The van der Waals surface area contributed by atoms with Crippen LogP contribution >= 0.6 is 0 Å². The van der Waals surface area contributed by atoms with Crippen molar-refractivity contribution in [2.45, 2.75) is 51.1 Å². The van der Waals surface area contributed by atoms with E-state index in [-0.39, 0.29) is 47.9 Å². The topological polar surface area (TPSA) is 91.0 Å². The summed E-state index contributed by atoms with van der Waals surface area (Å²) in [4.78, 5) is 42.7. The van der Waals surface area contributed by atoms with Gasteiger partial charge in [-0.2, -0.15) is 13.2 Å². The molecule has 3 heterocycles. The Bertz CT molecular complexity index is 1110. The molecule has 2 N–H and O–H groups in total. The molecule has 37 heavy (non-hydrogen) atoms. The van der Waals surface area contributed by atoms with Crippen LogP contribution in [0.2, 0.25) is 0 Å². The zero-order valence-corrected chi connectivity index (χ0v) is 20.8. The normalized spacial score (nSPS) is 22.9. The van der Waals surface area contributed by atoms with Crippen molar-refractivity contribution in [1.29, 1.82) is 0 Å². The fourth-order valence-electron chi connectivity index (χ4n) is 5.23. The maximum Gasteiger partial charge on any atom is 0.416 e. The van der Waals surface area contributed by atoms with Gasteiger partial charge in [-0.05, 0) is 30.4 Å². The fourth-order valence-corrected chi connectivity index (χ4v) is 5.23. The van der Waals surface area contributed by atoms with Gasteiger partial charge in [-0.1, -0.05) is 38.1 Å². The van der Waals surface area contributed by atoms with Crippen molar-refractivity contribution in [1.82, 2.24) is 20.4 Å². The van der Waals surface area contributed by atoms with Gasteiger partial charge in [-0.3, -0.25) is 14.5 Å². The number of hydrogen-bond donors (Lipinski definition) is 2. The quantitative estimate of drug-likeness (QED) is 0.515. The lowest BCUT2D eigenvalue weighted by Gasteiger charge is -2.33. The van der Waals surface area contributed by atoms with Crippen molar-refractivity contribution in [3.63, 3.8) is 0 Å². The Morgan fingerprint density at radius 3 is 2.65 bits per heavy atom. The van der Waals surface area contributed by atoms with Crippen LogP contribution in [0.3, 0.4) is 0 Å². The number of amides is 4. The molecule has 0 bridgehead atoms. The zero-order valence-electron chi connectivity index (χ0n) is 20.8. The van der Waals surface area contributed by atoms with Crippen LogP contribution in [-0.2, 0) is 20.5 Å². The van der Waals surface area contributed by atoms with Gasteiger partial charge in [-0.25, -0.2) is 4.79 Å². The molecule has 4 rings (SSSR count). The van der Waals surface area contributed by atoms with Crippen molar-refractivity contribution < 1.29 is 32.3 Å². The van der Waals surface area contributed by atoms with Crippen molar-refractivity contribution in [3.8, 4) is 0 Å². The van der Waals surface area contributed by atoms with Crippen molar-refractivity contribution in [2.75, 3.05) is 26.2 Å². The van der Waals surface area contributed by atoms with E-state index in [1.165, 1.54) is 34.1 Å². The summed E-state index contributed by atoms with van der Waals surface area (Å²) in [5.41, 5.74) is -0.873. The number of rotatable bonds is 8. The Labute approximate surface area is 213 Å². The monoisotopic (exact) mass is 520 g/mol. The predicted molar refractivity (Wildman–Crippen MR) is 129 cm³/mol. The first-order valence-corrected chi connectivity index (χ1v) is 12.3. The Balaban J connectivity index is 1.70. The van der Waals surface area contributed by atoms with E-state index in [2.05, 4.69) is 17.2 Å². The summed E-state index contributed by atoms with van der Waals surface area (Å²) in [6.45, 7) is 8.15. The van der Waals surface area contributed by atoms with Crippen molar-refractivity contribution in [2.24, 2.45) is 5.92 Å². The standard InChI is InChI=1S/C26H31F3N4O4/c1-4-11-32-19-14-33(22(15(2)3)23(34)30-13-16-8-7-12-37-16)24(35)20(19)21(31-25(32)36)17-9-5-6-10-18(17)26(27,28)29/h4-6,9-10,15-16,21-22H,1,7-8,11-14H2,2-3H3,(H,30,34)(H,31,36)/t16-,21+,22-/m0/s1. The van der Waals surface area contributed by atoms with Gasteiger partial charge in [0.05, 0.1) is 35.5 Å². The van der Waals surface area contributed by atoms with Crippen molar-refractivity contribution in [3.05, 3.63) is 59.3 Å². The summed E-state index contributed by atoms with van der Waals surface area (Å²) >= 11 is 0. The number of nitrogens with one attached hydrogen (secondary N) is 2. The van der Waals surface area contributed by atoms with Crippen LogP contribution in [0, 0.1) is 5.92 Å². The van der Waals surface area contributed by atoms with Gasteiger partial charge in [-0.15, -0.1) is 6.58 Å². The Morgan fingerprint density at radius 1 is 1.30 bits per heavy atom. The maximum atomic E-state index is 13.9. The van der Waals surface area contributed by atoms with Crippen LogP contribution in [0.5, 0.6) is 0 Å². The Morgan fingerprint density at radius 2 is 2.03 bits per heavy atom. The largest absolute Gasteiger partial charge is 0.416 e. The number of hydrogen-bond acceptors (Lipinski definition) is 4. The fraction of sp³-hybridized carbons (Fsp3) is 0.500. The van der Waals surface area contributed by atoms with Crippen LogP contribution < -0.4 is 10.6 Å². The summed E-state index contributed by atoms with van der Waals surface area (Å²) in [5.74, 6) is -1.26. The molecule has 11 heteroatoms. The third-order valence-electron chi connectivity index (χ3n) is 6.90. The molecule has 0 aromatic heterocycles. The van der Waals surface area contributed by atoms with E-state index in [9.17, 15) is 27.6 Å². The molecule has 0 radical (unpaired) electrons. The number of nitrogens with zero attached hydrogens (tertiary/aromatic N) is 2. The highest BCUT2D eigenvalue weighted by atomic mass is 19.4. The molecule has 1 fully saturated rings. The number of carbonyl (C=O) groups is 3. The molecule has 0 unspecified atom stereocenters. The van der Waals surface area contributed by atoms with Gasteiger partial charge in [0, 0.05) is 19.7 Å². The summed E-state index contributed by atoms with van der Waals surface area (Å²) < 4.78 is 47.1. The first kappa shape index (κ1) is 26.7. The van der Waals surface area contributed by atoms with E-state index >= 15 is 0 Å². The predicted octanol–water partition coefficient (Wildman–Crippen LogP) is 3.37. The van der Waals surface area contributed by atoms with Crippen molar-refractivity contribution >= 4 is 17.8 Å². The first-order chi connectivity index (χ1) is 17.5. The number of carbonyl (C=O) groups excluding carboxylic acids is 3. The molecule has 200 valence electrons. The van der Waals surface area contributed by atoms with Gasteiger partial charge in [0.1, 0.15) is 6.04 Å². The summed E-state index contributed by atoms with van der Waals surface area (Å²) in [6.07, 6.45) is -1.57. The lowest BCUT2D eigenvalue weighted by molar-refractivity contribution is -0.139. The summed E-state index contributed by atoms with van der Waals surface area (Å²) in [5, 5.41) is 5.44. The van der Waals surface area contributed by atoms with E-state index < -0.39 is 35.8 Å². The lowest BCUT2D eigenvalue weighted by Crippen LogP contribution is -2.52. The second-order valence-electron chi connectivity index (χ2n) is 9.73. The van der Waals surface area contributed by atoms with Gasteiger partial charge >= 0.3 is 12.2 Å². The second-order valence-corrected chi connectivity index (χ2v) is 9.73. The molecule has 4 amide bonds. The van der Waals surface area contributed by atoms with E-state index in [0.29, 0.717) is 13.2 Å². The lowest BCUT2D eigenvalue weighted by atomic mass is 9.91. The highest BCUT2D eigenvalue weighted by Gasteiger charge is 2.49. The molecule has 3 atom stereocenters. The van der Waals surface area contributed by atoms with Gasteiger partial charge in [0.15, 0.2) is 0 Å². The molecule has 0 spiro atoms. The minimum atomic E-state index is -4.69. The molecule has 8 nitrogen and oxygen atoms in total. The van der Waals surface area contributed by atoms with Gasteiger partial charge in [0.2, 0.25) is 5.91 Å². The van der Waals surface area contributed by atoms with Gasteiger partial charge < -0.3 is 20.3 Å². The molecule has 0 aliphatic carbocycles. The smallest absolute Gasteiger partial charge is 0.376 e. The number of benzene rings is 1. The summed E-state index contributed by atoms with van der Waals surface area (Å²) in [6, 6.07) is 2.02. The second kappa shape index (κ2) is 10.6. The molecule has 1 aromatic carbocycles. The van der Waals surface area contributed by atoms with Crippen LogP contribution in [0.1, 0.15) is 43.9 Å². The summed E-state index contributed by atoms with van der Waals surface area (Å²) in [7, 11) is 0. The van der Waals surface area contributed by atoms with E-state index in [4.69, 9.17) is 4.74 Å². The number of urea groups is 1. The maximum absolute atomic E-state index is 13.9. The van der Waals surface area contributed by atoms with Crippen LogP contribution in [0.25, 0.3) is 0 Å². The average Bonchev–Trinajstić information content (AvgIpc) is 3.47. The Kier molecular flexibility index (Phi) is 7.63. The molecular weight excluding hydrogens is 489 g/mol. The first-order valence-electron chi connectivity index (χ1n) is 12.3. The third kappa shape index (κ3) is 5.22. The zero-order chi connectivity index (χ0) is 26.9. The highest BCUT2D eigenvalue weighted by Crippen LogP contribution is 2.42. The van der Waals surface area contributed by atoms with Crippen LogP contribution in [0.15, 0.2) is 48.2 Å². The van der Waals surface area contributed by atoms with Crippen LogP contribution in [-0.4, -0.2) is 66.0 Å². The van der Waals surface area contributed by atoms with E-state index in [1.807, 2.05) is 0 Å². The Hall–Kier alpha value is -3.34. The minimum Gasteiger partial charge on any atom is -0.376 e. The number of alkyl halides is 3.